The van der Waals surface area contributed by atoms with E-state index in [1.807, 2.05) is 6.20 Å². The van der Waals surface area contributed by atoms with Crippen LogP contribution in [0.5, 0.6) is 0 Å². The van der Waals surface area contributed by atoms with Crippen LogP contribution >= 0.6 is 0 Å². The molecule has 0 amide bonds. The van der Waals surface area contributed by atoms with Crippen molar-refractivity contribution in [3.8, 4) is 5.82 Å². The minimum absolute atomic E-state index is 0.0846. The zero-order valence-electron chi connectivity index (χ0n) is 15.6. The van der Waals surface area contributed by atoms with Crippen molar-refractivity contribution in [1.29, 1.82) is 0 Å². The molecule has 4 heterocycles. The molecule has 0 spiro atoms. The van der Waals surface area contributed by atoms with Crippen molar-refractivity contribution in [3.05, 3.63) is 53.0 Å². The summed E-state index contributed by atoms with van der Waals surface area (Å²) in [5, 5.41) is 8.52. The van der Waals surface area contributed by atoms with Crippen LogP contribution in [0, 0.1) is 5.92 Å². The third kappa shape index (κ3) is 3.75. The lowest BCUT2D eigenvalue weighted by atomic mass is 9.97. The molecule has 3 aromatic rings. The van der Waals surface area contributed by atoms with Crippen molar-refractivity contribution < 1.29 is 4.42 Å². The van der Waals surface area contributed by atoms with Gasteiger partial charge in [0.2, 0.25) is 5.89 Å². The molecule has 1 aliphatic heterocycles. The van der Waals surface area contributed by atoms with E-state index in [-0.39, 0.29) is 5.56 Å². The highest BCUT2D eigenvalue weighted by Crippen LogP contribution is 2.40. The van der Waals surface area contributed by atoms with Crippen molar-refractivity contribution in [2.24, 2.45) is 5.92 Å². The minimum atomic E-state index is -0.0846. The number of oxazole rings is 1. The number of piperidine rings is 1. The second-order valence-corrected chi connectivity index (χ2v) is 7.70. The molecule has 2 aliphatic rings. The van der Waals surface area contributed by atoms with Crippen LogP contribution in [0.4, 0.5) is 0 Å². The van der Waals surface area contributed by atoms with Gasteiger partial charge in [0, 0.05) is 18.5 Å². The van der Waals surface area contributed by atoms with Crippen LogP contribution in [0.3, 0.4) is 0 Å². The first-order valence-corrected chi connectivity index (χ1v) is 9.85. The molecule has 2 fully saturated rings. The molecule has 0 radical (unpaired) electrons. The summed E-state index contributed by atoms with van der Waals surface area (Å²) in [5.41, 5.74) is -0.0846. The Morgan fingerprint density at radius 2 is 2.00 bits per heavy atom. The number of hydrogen-bond donors (Lipinski definition) is 0. The molecule has 0 bridgehead atoms. The maximum atomic E-state index is 12.2. The molecule has 0 atom stereocenters. The highest BCUT2D eigenvalue weighted by Gasteiger charge is 2.28. The van der Waals surface area contributed by atoms with E-state index >= 15 is 0 Å². The molecule has 146 valence electrons. The number of aromatic nitrogens is 6. The molecule has 1 aliphatic carbocycles. The Bertz CT molecular complexity index is 982. The summed E-state index contributed by atoms with van der Waals surface area (Å²) in [4.78, 5) is 22.9. The van der Waals surface area contributed by atoms with Crippen LogP contribution in [0.2, 0.25) is 0 Å². The Hall–Kier alpha value is -2.81. The fourth-order valence-electron chi connectivity index (χ4n) is 3.73. The van der Waals surface area contributed by atoms with Crippen molar-refractivity contribution in [2.75, 3.05) is 13.1 Å². The zero-order valence-corrected chi connectivity index (χ0v) is 15.6. The van der Waals surface area contributed by atoms with Gasteiger partial charge in [-0.05, 0) is 50.8 Å². The largest absolute Gasteiger partial charge is 0.444 e. The Morgan fingerprint density at radius 1 is 1.14 bits per heavy atom. The summed E-state index contributed by atoms with van der Waals surface area (Å²) in [7, 11) is 0. The van der Waals surface area contributed by atoms with Gasteiger partial charge in [0.1, 0.15) is 18.4 Å². The summed E-state index contributed by atoms with van der Waals surface area (Å²) in [6, 6.07) is 3.21. The summed E-state index contributed by atoms with van der Waals surface area (Å²) in [5.74, 6) is 3.50. The zero-order chi connectivity index (χ0) is 18.9. The Labute approximate surface area is 162 Å². The van der Waals surface area contributed by atoms with E-state index in [9.17, 15) is 4.79 Å². The Morgan fingerprint density at radius 3 is 2.75 bits per heavy atom. The molecular weight excluding hydrogens is 358 g/mol. The molecule has 0 aromatic carbocycles. The van der Waals surface area contributed by atoms with Crippen LogP contribution in [-0.4, -0.2) is 47.5 Å². The first-order chi connectivity index (χ1) is 13.7. The third-order valence-electron chi connectivity index (χ3n) is 5.55. The van der Waals surface area contributed by atoms with E-state index < -0.39 is 0 Å². The summed E-state index contributed by atoms with van der Waals surface area (Å²) in [6.07, 6.45) is 9.42. The normalized spacial score (nSPS) is 18.6. The van der Waals surface area contributed by atoms with Gasteiger partial charge in [0.05, 0.1) is 12.7 Å². The van der Waals surface area contributed by atoms with E-state index in [4.69, 9.17) is 4.42 Å². The average Bonchev–Trinajstić information content (AvgIpc) is 3.21. The molecule has 9 nitrogen and oxygen atoms in total. The summed E-state index contributed by atoms with van der Waals surface area (Å²) in [6.45, 7) is 3.34. The smallest absolute Gasteiger partial charge is 0.266 e. The SMILES string of the molecule is O=c1ccc(-n2cncn2)nn1CC1CCN(Cc2ncc(C3CC3)o2)CC1. The van der Waals surface area contributed by atoms with Crippen molar-refractivity contribution >= 4 is 0 Å². The third-order valence-corrected chi connectivity index (χ3v) is 5.55. The summed E-state index contributed by atoms with van der Waals surface area (Å²) >= 11 is 0. The van der Waals surface area contributed by atoms with Gasteiger partial charge in [0.25, 0.3) is 5.56 Å². The lowest BCUT2D eigenvalue weighted by Gasteiger charge is -2.31. The molecule has 1 saturated carbocycles. The predicted octanol–water partition coefficient (Wildman–Crippen LogP) is 1.60. The molecule has 0 unspecified atom stereocenters. The van der Waals surface area contributed by atoms with Gasteiger partial charge >= 0.3 is 0 Å². The van der Waals surface area contributed by atoms with Crippen LogP contribution in [0.25, 0.3) is 5.82 Å². The molecule has 0 N–H and O–H groups in total. The summed E-state index contributed by atoms with van der Waals surface area (Å²) < 4.78 is 8.98. The molecule has 1 saturated heterocycles. The van der Waals surface area contributed by atoms with Gasteiger partial charge in [-0.2, -0.15) is 5.10 Å². The topological polar surface area (TPSA) is 94.9 Å². The van der Waals surface area contributed by atoms with E-state index in [0.29, 0.717) is 24.2 Å². The van der Waals surface area contributed by atoms with Crippen LogP contribution in [0.1, 0.15) is 43.3 Å². The van der Waals surface area contributed by atoms with Gasteiger partial charge < -0.3 is 4.42 Å². The molecule has 9 heteroatoms. The molecule has 5 rings (SSSR count). The maximum absolute atomic E-state index is 12.2. The second kappa shape index (κ2) is 7.31. The number of hydrogen-bond acceptors (Lipinski definition) is 7. The maximum Gasteiger partial charge on any atom is 0.266 e. The fraction of sp³-hybridized carbons (Fsp3) is 0.526. The van der Waals surface area contributed by atoms with Crippen molar-refractivity contribution in [2.45, 2.75) is 44.7 Å². The highest BCUT2D eigenvalue weighted by molar-refractivity contribution is 5.16. The van der Waals surface area contributed by atoms with Gasteiger partial charge in [-0.1, -0.05) is 0 Å². The van der Waals surface area contributed by atoms with E-state index in [2.05, 4.69) is 25.1 Å². The lowest BCUT2D eigenvalue weighted by Crippen LogP contribution is -2.36. The Balaban J connectivity index is 1.18. The fourth-order valence-corrected chi connectivity index (χ4v) is 3.73. The minimum Gasteiger partial charge on any atom is -0.444 e. The van der Waals surface area contributed by atoms with Crippen LogP contribution in [0.15, 0.2) is 40.2 Å². The number of nitrogens with zero attached hydrogens (tertiary/aromatic N) is 7. The van der Waals surface area contributed by atoms with Gasteiger partial charge in [-0.3, -0.25) is 9.69 Å². The highest BCUT2D eigenvalue weighted by atomic mass is 16.4. The second-order valence-electron chi connectivity index (χ2n) is 7.70. The first-order valence-electron chi connectivity index (χ1n) is 9.85. The average molecular weight is 381 g/mol. The molecule has 3 aromatic heterocycles. The quantitative estimate of drug-likeness (QED) is 0.640. The standard InChI is InChI=1S/C19H23N7O2/c27-19-4-3-17(26-13-20-12-22-26)23-25(19)10-14-5-7-24(8-6-14)11-18-21-9-16(28-18)15-1-2-15/h3-4,9,12-15H,1-2,5-8,10-11H2. The van der Waals surface area contributed by atoms with Gasteiger partial charge in [-0.25, -0.2) is 19.3 Å². The Kier molecular flexibility index (Phi) is 4.52. The lowest BCUT2D eigenvalue weighted by molar-refractivity contribution is 0.151. The molecular formula is C19H23N7O2. The monoisotopic (exact) mass is 381 g/mol. The van der Waals surface area contributed by atoms with E-state index in [1.165, 1.54) is 19.2 Å². The van der Waals surface area contributed by atoms with Crippen molar-refractivity contribution in [1.82, 2.24) is 34.4 Å². The first kappa shape index (κ1) is 17.3. The van der Waals surface area contributed by atoms with Crippen LogP contribution < -0.4 is 5.56 Å². The van der Waals surface area contributed by atoms with E-state index in [1.54, 1.807) is 27.8 Å². The van der Waals surface area contributed by atoms with Gasteiger partial charge in [-0.15, -0.1) is 5.10 Å². The molecule has 28 heavy (non-hydrogen) atoms. The van der Waals surface area contributed by atoms with Crippen molar-refractivity contribution in [3.63, 3.8) is 0 Å². The van der Waals surface area contributed by atoms with Gasteiger partial charge in [0.15, 0.2) is 5.82 Å². The van der Waals surface area contributed by atoms with E-state index in [0.717, 1.165) is 44.1 Å². The predicted molar refractivity (Wildman–Crippen MR) is 99.9 cm³/mol. The number of rotatable bonds is 6. The number of likely N-dealkylation sites (tertiary alicyclic amines) is 1. The van der Waals surface area contributed by atoms with Crippen LogP contribution in [-0.2, 0) is 13.1 Å².